The first kappa shape index (κ1) is 22.7. The van der Waals surface area contributed by atoms with Crippen molar-refractivity contribution in [1.82, 2.24) is 0 Å². The van der Waals surface area contributed by atoms with Crippen molar-refractivity contribution < 1.29 is 19.5 Å². The number of aliphatic hydroxyl groups excluding tert-OH is 1. The van der Waals surface area contributed by atoms with Crippen LogP contribution in [0.1, 0.15) is 26.3 Å². The monoisotopic (exact) mass is 433 g/mol. The minimum Gasteiger partial charge on any atom is -0.497 e. The highest BCUT2D eigenvalue weighted by molar-refractivity contribution is 6.30. The standard InChI is InChI=1S/C24H33ClN2O3/c1-24(2,3)22-15-21(29-4)8-9-23(22)30-17-20(28)16-26-10-12-27(13-11-26)19-7-5-6-18(25)14-19/h5-9,14-15,20,28H,10-13,16-17H2,1-4H3/p+1/t20-/m1/s1. The average Bonchev–Trinajstić information content (AvgIpc) is 2.72. The molecule has 0 spiro atoms. The van der Waals surface area contributed by atoms with E-state index < -0.39 is 6.10 Å². The fourth-order valence-electron chi connectivity index (χ4n) is 3.88. The Balaban J connectivity index is 1.51. The second-order valence-electron chi connectivity index (χ2n) is 9.00. The zero-order valence-electron chi connectivity index (χ0n) is 18.5. The SMILES string of the molecule is COc1ccc(OC[C@H](O)C[NH+]2CCN(c3cccc(Cl)c3)CC2)c(C(C)(C)C)c1. The van der Waals surface area contributed by atoms with E-state index in [1.54, 1.807) is 7.11 Å². The van der Waals surface area contributed by atoms with Gasteiger partial charge in [-0.1, -0.05) is 38.4 Å². The number of piperazine rings is 1. The highest BCUT2D eigenvalue weighted by Crippen LogP contribution is 2.34. The summed E-state index contributed by atoms with van der Waals surface area (Å²) in [6, 6.07) is 13.8. The van der Waals surface area contributed by atoms with Crippen LogP contribution in [-0.4, -0.2) is 57.7 Å². The van der Waals surface area contributed by atoms with Crippen molar-refractivity contribution in [3.05, 3.63) is 53.1 Å². The van der Waals surface area contributed by atoms with Gasteiger partial charge in [-0.3, -0.25) is 0 Å². The summed E-state index contributed by atoms with van der Waals surface area (Å²) in [6.07, 6.45) is -0.507. The van der Waals surface area contributed by atoms with E-state index in [9.17, 15) is 5.11 Å². The molecule has 1 aliphatic heterocycles. The van der Waals surface area contributed by atoms with Crippen molar-refractivity contribution in [2.24, 2.45) is 0 Å². The van der Waals surface area contributed by atoms with Crippen molar-refractivity contribution in [1.29, 1.82) is 0 Å². The molecular formula is C24H34ClN2O3+. The lowest BCUT2D eigenvalue weighted by Gasteiger charge is -2.34. The van der Waals surface area contributed by atoms with Crippen molar-refractivity contribution in [2.75, 3.05) is 51.3 Å². The summed E-state index contributed by atoms with van der Waals surface area (Å²) in [7, 11) is 1.67. The Morgan fingerprint density at radius 3 is 2.50 bits per heavy atom. The molecule has 0 radical (unpaired) electrons. The van der Waals surface area contributed by atoms with E-state index in [0.717, 1.165) is 48.3 Å². The third-order valence-corrected chi connectivity index (χ3v) is 5.83. The van der Waals surface area contributed by atoms with E-state index in [2.05, 4.69) is 31.7 Å². The Bertz CT molecular complexity index is 829. The number of halogens is 1. The molecule has 30 heavy (non-hydrogen) atoms. The van der Waals surface area contributed by atoms with E-state index in [1.165, 1.54) is 10.6 Å². The van der Waals surface area contributed by atoms with E-state index in [0.29, 0.717) is 6.54 Å². The van der Waals surface area contributed by atoms with Crippen LogP contribution in [-0.2, 0) is 5.41 Å². The maximum atomic E-state index is 10.6. The predicted molar refractivity (Wildman–Crippen MR) is 122 cm³/mol. The summed E-state index contributed by atoms with van der Waals surface area (Å²) in [5, 5.41) is 11.3. The summed E-state index contributed by atoms with van der Waals surface area (Å²) < 4.78 is 11.4. The quantitative estimate of drug-likeness (QED) is 0.704. The van der Waals surface area contributed by atoms with Crippen LogP contribution in [0.2, 0.25) is 5.02 Å². The van der Waals surface area contributed by atoms with Crippen molar-refractivity contribution in [3.63, 3.8) is 0 Å². The number of benzene rings is 2. The molecule has 0 aromatic heterocycles. The Kier molecular flexibility index (Phi) is 7.50. The summed E-state index contributed by atoms with van der Waals surface area (Å²) in [6.45, 7) is 11.3. The molecule has 0 aliphatic carbocycles. The van der Waals surface area contributed by atoms with Gasteiger partial charge in [0.15, 0.2) is 0 Å². The molecule has 2 N–H and O–H groups in total. The van der Waals surface area contributed by atoms with Gasteiger partial charge in [-0.05, 0) is 41.8 Å². The second-order valence-corrected chi connectivity index (χ2v) is 9.43. The molecule has 0 unspecified atom stereocenters. The Morgan fingerprint density at radius 1 is 1.13 bits per heavy atom. The third kappa shape index (κ3) is 6.03. The zero-order valence-corrected chi connectivity index (χ0v) is 19.2. The minimum atomic E-state index is -0.507. The number of aliphatic hydroxyl groups is 1. The van der Waals surface area contributed by atoms with Crippen molar-refractivity contribution >= 4 is 17.3 Å². The van der Waals surface area contributed by atoms with Gasteiger partial charge in [-0.2, -0.15) is 0 Å². The van der Waals surface area contributed by atoms with Crippen LogP contribution in [0.4, 0.5) is 5.69 Å². The van der Waals surface area contributed by atoms with Crippen LogP contribution in [0, 0.1) is 0 Å². The number of anilines is 1. The number of methoxy groups -OCH3 is 1. The largest absolute Gasteiger partial charge is 0.497 e. The van der Waals surface area contributed by atoms with Crippen LogP contribution in [0.3, 0.4) is 0 Å². The number of rotatable bonds is 7. The van der Waals surface area contributed by atoms with Crippen molar-refractivity contribution in [3.8, 4) is 11.5 Å². The van der Waals surface area contributed by atoms with Gasteiger partial charge in [0.25, 0.3) is 0 Å². The number of hydrogen-bond acceptors (Lipinski definition) is 4. The molecule has 2 aromatic carbocycles. The van der Waals surface area contributed by atoms with Gasteiger partial charge in [-0.15, -0.1) is 0 Å². The molecule has 5 nitrogen and oxygen atoms in total. The highest BCUT2D eigenvalue weighted by Gasteiger charge is 2.24. The summed E-state index contributed by atoms with van der Waals surface area (Å²) >= 11 is 6.12. The topological polar surface area (TPSA) is 46.4 Å². The lowest BCUT2D eigenvalue weighted by molar-refractivity contribution is -0.903. The highest BCUT2D eigenvalue weighted by atomic mass is 35.5. The molecule has 1 fully saturated rings. The van der Waals surface area contributed by atoms with Crippen LogP contribution in [0.5, 0.6) is 11.5 Å². The first-order chi connectivity index (χ1) is 14.3. The van der Waals surface area contributed by atoms with Gasteiger partial charge in [0, 0.05) is 16.3 Å². The molecule has 0 amide bonds. The Morgan fingerprint density at radius 2 is 1.87 bits per heavy atom. The van der Waals surface area contributed by atoms with Crippen molar-refractivity contribution in [2.45, 2.75) is 32.3 Å². The molecule has 164 valence electrons. The molecule has 1 atom stereocenters. The normalized spacial score (nSPS) is 16.4. The van der Waals surface area contributed by atoms with Gasteiger partial charge < -0.3 is 24.4 Å². The van der Waals surface area contributed by atoms with Gasteiger partial charge in [-0.25, -0.2) is 0 Å². The summed E-state index contributed by atoms with van der Waals surface area (Å²) in [4.78, 5) is 3.75. The van der Waals surface area contributed by atoms with E-state index in [1.807, 2.05) is 36.4 Å². The molecule has 6 heteroatoms. The number of hydrogen-bond donors (Lipinski definition) is 2. The zero-order chi connectivity index (χ0) is 21.7. The molecule has 3 rings (SSSR count). The Labute approximate surface area is 185 Å². The number of quaternary nitrogens is 1. The molecule has 2 aromatic rings. The molecule has 0 saturated carbocycles. The lowest BCUT2D eigenvalue weighted by Crippen LogP contribution is -3.16. The smallest absolute Gasteiger partial charge is 0.137 e. The molecule has 1 aliphatic rings. The fourth-order valence-corrected chi connectivity index (χ4v) is 4.07. The van der Waals surface area contributed by atoms with Gasteiger partial charge in [0.05, 0.1) is 33.3 Å². The van der Waals surface area contributed by atoms with Crippen LogP contribution in [0.25, 0.3) is 0 Å². The molecule has 0 bridgehead atoms. The van der Waals surface area contributed by atoms with E-state index in [-0.39, 0.29) is 12.0 Å². The minimum absolute atomic E-state index is 0.0727. The molecular weight excluding hydrogens is 400 g/mol. The Hall–Kier alpha value is -1.95. The fraction of sp³-hybridized carbons (Fsp3) is 0.500. The maximum absolute atomic E-state index is 10.6. The first-order valence-electron chi connectivity index (χ1n) is 10.6. The second kappa shape index (κ2) is 9.90. The molecule has 1 saturated heterocycles. The van der Waals surface area contributed by atoms with Gasteiger partial charge in [0.2, 0.25) is 0 Å². The van der Waals surface area contributed by atoms with Crippen LogP contribution >= 0.6 is 11.6 Å². The summed E-state index contributed by atoms with van der Waals surface area (Å²) in [5.41, 5.74) is 2.17. The number of ether oxygens (including phenoxy) is 2. The number of nitrogens with zero attached hydrogens (tertiary/aromatic N) is 1. The first-order valence-corrected chi connectivity index (χ1v) is 11.0. The van der Waals surface area contributed by atoms with Gasteiger partial charge >= 0.3 is 0 Å². The van der Waals surface area contributed by atoms with E-state index >= 15 is 0 Å². The third-order valence-electron chi connectivity index (χ3n) is 5.59. The maximum Gasteiger partial charge on any atom is 0.137 e. The summed E-state index contributed by atoms with van der Waals surface area (Å²) in [5.74, 6) is 1.62. The van der Waals surface area contributed by atoms with Crippen LogP contribution < -0.4 is 19.3 Å². The number of nitrogens with one attached hydrogen (secondary N) is 1. The lowest BCUT2D eigenvalue weighted by atomic mass is 9.86. The average molecular weight is 434 g/mol. The van der Waals surface area contributed by atoms with Crippen LogP contribution in [0.15, 0.2) is 42.5 Å². The predicted octanol–water partition coefficient (Wildman–Crippen LogP) is 2.79. The van der Waals surface area contributed by atoms with E-state index in [4.69, 9.17) is 21.1 Å². The molecule has 1 heterocycles. The van der Waals surface area contributed by atoms with Gasteiger partial charge in [0.1, 0.15) is 30.8 Å².